The molecule has 1 atom stereocenters. The van der Waals surface area contributed by atoms with Crippen molar-refractivity contribution in [3.05, 3.63) is 58.7 Å². The van der Waals surface area contributed by atoms with Gasteiger partial charge in [0.15, 0.2) is 0 Å². The van der Waals surface area contributed by atoms with Crippen LogP contribution in [0.15, 0.2) is 41.3 Å². The lowest BCUT2D eigenvalue weighted by molar-refractivity contribution is -0.119. The molecule has 1 aliphatic rings. The summed E-state index contributed by atoms with van der Waals surface area (Å²) in [4.78, 5) is 13.1. The van der Waals surface area contributed by atoms with Crippen LogP contribution in [-0.4, -0.2) is 31.2 Å². The Balaban J connectivity index is 1.90. The summed E-state index contributed by atoms with van der Waals surface area (Å²) < 4.78 is 28.1. The smallest absolute Gasteiger partial charge is 0.244 e. The number of carbonyl (C=O) groups is 1. The number of nitrogens with one attached hydrogen (secondary N) is 1. The maximum atomic E-state index is 13.4. The van der Waals surface area contributed by atoms with Gasteiger partial charge in [-0.05, 0) is 69.4 Å². The van der Waals surface area contributed by atoms with Crippen molar-refractivity contribution in [2.75, 3.05) is 11.9 Å². The van der Waals surface area contributed by atoms with Crippen molar-refractivity contribution in [2.45, 2.75) is 51.5 Å². The van der Waals surface area contributed by atoms with Crippen molar-refractivity contribution in [1.29, 1.82) is 0 Å². The van der Waals surface area contributed by atoms with Gasteiger partial charge in [0, 0.05) is 12.2 Å². The van der Waals surface area contributed by atoms with Crippen molar-refractivity contribution in [2.24, 2.45) is 0 Å². The Kier molecular flexibility index (Phi) is 5.40. The standard InChI is InChI=1S/C21H26N2O3S/c1-14-7-5-8-18(13-14)22-21(24)19-9-6-10-23(19)27(25,26)20-16(3)11-15(2)12-17(20)4/h5,7-8,11-13,19H,6,9-10H2,1-4H3,(H,22,24)/t19-/m1/s1. The Hall–Kier alpha value is -2.18. The molecule has 2 aromatic rings. The molecule has 0 unspecified atom stereocenters. The zero-order valence-corrected chi connectivity index (χ0v) is 17.1. The number of rotatable bonds is 4. The van der Waals surface area contributed by atoms with E-state index in [-0.39, 0.29) is 5.91 Å². The van der Waals surface area contributed by atoms with Crippen LogP contribution in [-0.2, 0) is 14.8 Å². The van der Waals surface area contributed by atoms with Gasteiger partial charge in [0.2, 0.25) is 15.9 Å². The number of nitrogens with zero attached hydrogens (tertiary/aromatic N) is 1. The molecular formula is C21H26N2O3S. The summed E-state index contributed by atoms with van der Waals surface area (Å²) >= 11 is 0. The molecular weight excluding hydrogens is 360 g/mol. The average Bonchev–Trinajstić information content (AvgIpc) is 3.04. The minimum atomic E-state index is -3.74. The van der Waals surface area contributed by atoms with Crippen LogP contribution in [0.1, 0.15) is 35.1 Å². The zero-order valence-electron chi connectivity index (χ0n) is 16.2. The second-order valence-corrected chi connectivity index (χ2v) is 9.19. The van der Waals surface area contributed by atoms with Gasteiger partial charge in [-0.1, -0.05) is 29.8 Å². The van der Waals surface area contributed by atoms with E-state index in [4.69, 9.17) is 0 Å². The number of amides is 1. The summed E-state index contributed by atoms with van der Waals surface area (Å²) in [6.07, 6.45) is 1.20. The van der Waals surface area contributed by atoms with Crippen LogP contribution < -0.4 is 5.32 Å². The third-order valence-electron chi connectivity index (χ3n) is 4.96. The molecule has 144 valence electrons. The summed E-state index contributed by atoms with van der Waals surface area (Å²) in [6, 6.07) is 10.6. The molecule has 0 radical (unpaired) electrons. The van der Waals surface area contributed by atoms with Gasteiger partial charge in [0.1, 0.15) is 6.04 Å². The van der Waals surface area contributed by atoms with Gasteiger partial charge in [-0.15, -0.1) is 0 Å². The Morgan fingerprint density at radius 3 is 2.33 bits per heavy atom. The van der Waals surface area contributed by atoms with Crippen LogP contribution in [0.25, 0.3) is 0 Å². The monoisotopic (exact) mass is 386 g/mol. The minimum Gasteiger partial charge on any atom is -0.325 e. The Morgan fingerprint density at radius 2 is 1.70 bits per heavy atom. The quantitative estimate of drug-likeness (QED) is 0.871. The van der Waals surface area contributed by atoms with E-state index in [0.29, 0.717) is 30.0 Å². The Bertz CT molecular complexity index is 960. The first-order chi connectivity index (χ1) is 12.7. The highest BCUT2D eigenvalue weighted by atomic mass is 32.2. The van der Waals surface area contributed by atoms with E-state index in [0.717, 1.165) is 22.3 Å². The first-order valence-corrected chi connectivity index (χ1v) is 10.6. The number of carbonyl (C=O) groups excluding carboxylic acids is 1. The Labute approximate surface area is 161 Å². The minimum absolute atomic E-state index is 0.274. The number of hydrogen-bond acceptors (Lipinski definition) is 3. The number of sulfonamides is 1. The fourth-order valence-corrected chi connectivity index (χ4v) is 6.00. The maximum absolute atomic E-state index is 13.4. The summed E-state index contributed by atoms with van der Waals surface area (Å²) in [5.74, 6) is -0.274. The summed E-state index contributed by atoms with van der Waals surface area (Å²) in [7, 11) is -3.74. The van der Waals surface area contributed by atoms with E-state index in [9.17, 15) is 13.2 Å². The number of hydrogen-bond donors (Lipinski definition) is 1. The van der Waals surface area contributed by atoms with Crippen LogP contribution in [0, 0.1) is 27.7 Å². The highest BCUT2D eigenvalue weighted by Gasteiger charge is 2.40. The summed E-state index contributed by atoms with van der Waals surface area (Å²) in [6.45, 7) is 7.88. The zero-order chi connectivity index (χ0) is 19.8. The maximum Gasteiger partial charge on any atom is 0.244 e. The summed E-state index contributed by atoms with van der Waals surface area (Å²) in [5, 5.41) is 2.87. The van der Waals surface area contributed by atoms with Crippen LogP contribution in [0.3, 0.4) is 0 Å². The van der Waals surface area contributed by atoms with Crippen LogP contribution in [0.4, 0.5) is 5.69 Å². The third-order valence-corrected chi connectivity index (χ3v) is 7.18. The molecule has 0 aromatic heterocycles. The van der Waals surface area contributed by atoms with E-state index in [2.05, 4.69) is 5.32 Å². The molecule has 27 heavy (non-hydrogen) atoms. The molecule has 1 heterocycles. The van der Waals surface area contributed by atoms with Crippen molar-refractivity contribution in [3.63, 3.8) is 0 Å². The molecule has 0 saturated carbocycles. The SMILES string of the molecule is Cc1cccc(NC(=O)[C@H]2CCCN2S(=O)(=O)c2c(C)cc(C)cc2C)c1. The topological polar surface area (TPSA) is 66.5 Å². The summed E-state index contributed by atoms with van der Waals surface area (Å²) in [5.41, 5.74) is 4.19. The molecule has 1 N–H and O–H groups in total. The number of benzene rings is 2. The fraction of sp³-hybridized carbons (Fsp3) is 0.381. The number of aryl methyl sites for hydroxylation is 4. The molecule has 1 saturated heterocycles. The second-order valence-electron chi connectivity index (χ2n) is 7.36. The van der Waals surface area contributed by atoms with E-state index in [1.165, 1.54) is 4.31 Å². The van der Waals surface area contributed by atoms with Crippen molar-refractivity contribution >= 4 is 21.6 Å². The van der Waals surface area contributed by atoms with Crippen molar-refractivity contribution in [3.8, 4) is 0 Å². The highest BCUT2D eigenvalue weighted by Crippen LogP contribution is 2.31. The van der Waals surface area contributed by atoms with Crippen LogP contribution in [0.5, 0.6) is 0 Å². The third kappa shape index (κ3) is 3.92. The van der Waals surface area contributed by atoms with Gasteiger partial charge in [0.05, 0.1) is 4.90 Å². The molecule has 0 aliphatic carbocycles. The van der Waals surface area contributed by atoms with Crippen LogP contribution in [0.2, 0.25) is 0 Å². The average molecular weight is 387 g/mol. The molecule has 0 spiro atoms. The van der Waals surface area contributed by atoms with Gasteiger partial charge in [-0.3, -0.25) is 4.79 Å². The van der Waals surface area contributed by atoms with E-state index in [1.807, 2.05) is 64.1 Å². The Morgan fingerprint density at radius 1 is 1.04 bits per heavy atom. The lowest BCUT2D eigenvalue weighted by Crippen LogP contribution is -2.43. The molecule has 3 rings (SSSR count). The van der Waals surface area contributed by atoms with Crippen LogP contribution >= 0.6 is 0 Å². The van der Waals surface area contributed by atoms with E-state index in [1.54, 1.807) is 0 Å². The van der Waals surface area contributed by atoms with E-state index >= 15 is 0 Å². The van der Waals surface area contributed by atoms with E-state index < -0.39 is 16.1 Å². The molecule has 1 fully saturated rings. The van der Waals surface area contributed by atoms with Crippen molar-refractivity contribution < 1.29 is 13.2 Å². The van der Waals surface area contributed by atoms with Crippen molar-refractivity contribution in [1.82, 2.24) is 4.31 Å². The first-order valence-electron chi connectivity index (χ1n) is 9.17. The highest BCUT2D eigenvalue weighted by molar-refractivity contribution is 7.89. The lowest BCUT2D eigenvalue weighted by atomic mass is 10.1. The van der Waals surface area contributed by atoms with Gasteiger partial charge in [0.25, 0.3) is 0 Å². The molecule has 6 heteroatoms. The molecule has 1 aliphatic heterocycles. The predicted molar refractivity (Wildman–Crippen MR) is 107 cm³/mol. The predicted octanol–water partition coefficient (Wildman–Crippen LogP) is 3.71. The van der Waals surface area contributed by atoms with Gasteiger partial charge < -0.3 is 5.32 Å². The largest absolute Gasteiger partial charge is 0.325 e. The first kappa shape index (κ1) is 19.6. The lowest BCUT2D eigenvalue weighted by Gasteiger charge is -2.25. The van der Waals surface area contributed by atoms with Gasteiger partial charge in [-0.2, -0.15) is 4.31 Å². The molecule has 2 aromatic carbocycles. The fourth-order valence-electron chi connectivity index (χ4n) is 3.93. The second kappa shape index (κ2) is 7.44. The molecule has 5 nitrogen and oxygen atoms in total. The number of anilines is 1. The molecule has 0 bridgehead atoms. The van der Waals surface area contributed by atoms with Gasteiger partial charge in [-0.25, -0.2) is 8.42 Å². The molecule has 1 amide bonds. The normalized spacial score (nSPS) is 17.9. The van der Waals surface area contributed by atoms with Gasteiger partial charge >= 0.3 is 0 Å².